The van der Waals surface area contributed by atoms with Crippen LogP contribution in [0.4, 0.5) is 0 Å². The Morgan fingerprint density at radius 2 is 2.38 bits per heavy atom. The summed E-state index contributed by atoms with van der Waals surface area (Å²) in [6.45, 7) is 3.46. The monoisotopic (exact) mass is 230 g/mol. The molecular weight excluding hydrogens is 208 g/mol. The van der Waals surface area contributed by atoms with Crippen LogP contribution in [0.5, 0.6) is 0 Å². The first-order valence-corrected chi connectivity index (χ1v) is 5.63. The second-order valence-electron chi connectivity index (χ2n) is 4.58. The van der Waals surface area contributed by atoms with Gasteiger partial charge in [0.25, 0.3) is 5.91 Å². The van der Waals surface area contributed by atoms with E-state index in [-0.39, 0.29) is 11.9 Å². The number of hydrogen-bond acceptors (Lipinski definition) is 4. The van der Waals surface area contributed by atoms with Gasteiger partial charge in [-0.25, -0.2) is 0 Å². The third-order valence-corrected chi connectivity index (χ3v) is 2.91. The van der Waals surface area contributed by atoms with Gasteiger partial charge in [-0.3, -0.25) is 4.79 Å². The molecule has 1 heterocycles. The van der Waals surface area contributed by atoms with Crippen LogP contribution in [0.2, 0.25) is 0 Å². The molecule has 0 aromatic rings. The fraction of sp³-hybridized carbons (Fsp3) is 0.909. The van der Waals surface area contributed by atoms with Crippen LogP contribution in [0, 0.1) is 0 Å². The van der Waals surface area contributed by atoms with Gasteiger partial charge in [0, 0.05) is 33.4 Å². The molecule has 2 atom stereocenters. The predicted molar refractivity (Wildman–Crippen MR) is 61.1 cm³/mol. The lowest BCUT2D eigenvalue weighted by Gasteiger charge is -2.29. The normalized spacial score (nSPS) is 26.8. The zero-order valence-corrected chi connectivity index (χ0v) is 10.4. The molecule has 5 nitrogen and oxygen atoms in total. The van der Waals surface area contributed by atoms with Crippen LogP contribution in [0.1, 0.15) is 19.8 Å². The zero-order valence-electron chi connectivity index (χ0n) is 10.4. The third-order valence-electron chi connectivity index (χ3n) is 2.91. The van der Waals surface area contributed by atoms with Crippen LogP contribution in [0.15, 0.2) is 0 Å². The van der Waals surface area contributed by atoms with E-state index in [4.69, 9.17) is 15.2 Å². The van der Waals surface area contributed by atoms with Gasteiger partial charge in [-0.05, 0) is 19.8 Å². The fourth-order valence-electron chi connectivity index (χ4n) is 2.05. The highest BCUT2D eigenvalue weighted by Gasteiger charge is 2.39. The lowest BCUT2D eigenvalue weighted by Crippen LogP contribution is -2.49. The molecule has 1 amide bonds. The first-order chi connectivity index (χ1) is 7.49. The first kappa shape index (κ1) is 13.4. The van der Waals surface area contributed by atoms with Crippen molar-refractivity contribution in [2.45, 2.75) is 31.4 Å². The van der Waals surface area contributed by atoms with Gasteiger partial charge in [0.15, 0.2) is 0 Å². The van der Waals surface area contributed by atoms with E-state index in [9.17, 15) is 4.79 Å². The summed E-state index contributed by atoms with van der Waals surface area (Å²) in [6.07, 6.45) is 1.73. The van der Waals surface area contributed by atoms with Gasteiger partial charge in [0.05, 0.1) is 6.61 Å². The molecule has 1 fully saturated rings. The predicted octanol–water partition coefficient (Wildman–Crippen LogP) is -0.0124. The number of rotatable bonds is 5. The molecule has 0 spiro atoms. The van der Waals surface area contributed by atoms with E-state index in [1.807, 2.05) is 6.92 Å². The smallest absolute Gasteiger partial charge is 0.254 e. The first-order valence-electron chi connectivity index (χ1n) is 5.63. The number of ether oxygens (including phenoxy) is 2. The Kier molecular flexibility index (Phi) is 4.70. The molecule has 0 aliphatic carbocycles. The van der Waals surface area contributed by atoms with Gasteiger partial charge < -0.3 is 20.1 Å². The van der Waals surface area contributed by atoms with Crippen molar-refractivity contribution in [1.82, 2.24) is 4.90 Å². The summed E-state index contributed by atoms with van der Waals surface area (Å²) in [4.78, 5) is 13.7. The number of hydrogen-bond donors (Lipinski definition) is 1. The number of likely N-dealkylation sites (N-methyl/N-ethyl adjacent to an activating group) is 1. The van der Waals surface area contributed by atoms with Crippen LogP contribution >= 0.6 is 0 Å². The van der Waals surface area contributed by atoms with Gasteiger partial charge in [0.2, 0.25) is 0 Å². The maximum absolute atomic E-state index is 12.1. The van der Waals surface area contributed by atoms with E-state index >= 15 is 0 Å². The molecule has 0 radical (unpaired) electrons. The Morgan fingerprint density at radius 1 is 1.69 bits per heavy atom. The van der Waals surface area contributed by atoms with E-state index in [0.717, 1.165) is 12.8 Å². The Labute approximate surface area is 96.9 Å². The lowest BCUT2D eigenvalue weighted by molar-refractivity contribution is -0.149. The van der Waals surface area contributed by atoms with Crippen LogP contribution in [0.25, 0.3) is 0 Å². The Hall–Kier alpha value is -0.650. The number of nitrogens with two attached hydrogens (primary N) is 1. The van der Waals surface area contributed by atoms with Gasteiger partial charge in [-0.1, -0.05) is 0 Å². The number of carbonyl (C=O) groups excluding carboxylic acids is 1. The molecule has 1 rings (SSSR count). The Bertz CT molecular complexity index is 239. The topological polar surface area (TPSA) is 64.8 Å². The van der Waals surface area contributed by atoms with Crippen molar-refractivity contribution in [2.75, 3.05) is 33.9 Å². The van der Waals surface area contributed by atoms with Crippen molar-refractivity contribution in [3.8, 4) is 0 Å². The van der Waals surface area contributed by atoms with Gasteiger partial charge in [-0.2, -0.15) is 0 Å². The van der Waals surface area contributed by atoms with Crippen molar-refractivity contribution < 1.29 is 14.3 Å². The molecule has 94 valence electrons. The minimum Gasteiger partial charge on any atom is -0.383 e. The third kappa shape index (κ3) is 3.17. The van der Waals surface area contributed by atoms with E-state index in [2.05, 4.69) is 0 Å². The van der Waals surface area contributed by atoms with E-state index in [1.54, 1.807) is 19.1 Å². The molecule has 1 saturated heterocycles. The molecule has 16 heavy (non-hydrogen) atoms. The quantitative estimate of drug-likeness (QED) is 0.721. The molecule has 0 aromatic carbocycles. The summed E-state index contributed by atoms with van der Waals surface area (Å²) in [5.41, 5.74) is 5.15. The molecule has 2 unspecified atom stereocenters. The van der Waals surface area contributed by atoms with Crippen molar-refractivity contribution in [2.24, 2.45) is 5.73 Å². The maximum atomic E-state index is 12.1. The molecule has 0 aromatic heterocycles. The van der Waals surface area contributed by atoms with Gasteiger partial charge in [0.1, 0.15) is 5.60 Å². The summed E-state index contributed by atoms with van der Waals surface area (Å²) in [5, 5.41) is 0. The Morgan fingerprint density at radius 3 is 2.88 bits per heavy atom. The summed E-state index contributed by atoms with van der Waals surface area (Å²) < 4.78 is 10.4. The number of nitrogens with zero attached hydrogens (tertiary/aromatic N) is 1. The van der Waals surface area contributed by atoms with Gasteiger partial charge >= 0.3 is 0 Å². The second-order valence-corrected chi connectivity index (χ2v) is 4.58. The Balaban J connectivity index is 2.46. The van der Waals surface area contributed by atoms with E-state index in [1.165, 1.54) is 0 Å². The minimum absolute atomic E-state index is 0.0107. The zero-order chi connectivity index (χ0) is 12.2. The molecule has 1 aliphatic rings. The molecular formula is C11H22N2O3. The van der Waals surface area contributed by atoms with E-state index in [0.29, 0.717) is 19.8 Å². The lowest BCUT2D eigenvalue weighted by atomic mass is 10.0. The average molecular weight is 230 g/mol. The van der Waals surface area contributed by atoms with Crippen molar-refractivity contribution in [3.05, 3.63) is 0 Å². The largest absolute Gasteiger partial charge is 0.383 e. The van der Waals surface area contributed by atoms with Crippen molar-refractivity contribution in [1.29, 1.82) is 0 Å². The summed E-state index contributed by atoms with van der Waals surface area (Å²) in [6, 6.07) is -0.149. The second kappa shape index (κ2) is 5.61. The maximum Gasteiger partial charge on any atom is 0.254 e. The highest BCUT2D eigenvalue weighted by atomic mass is 16.5. The molecule has 0 saturated carbocycles. The van der Waals surface area contributed by atoms with Crippen LogP contribution in [-0.4, -0.2) is 56.4 Å². The van der Waals surface area contributed by atoms with Crippen molar-refractivity contribution in [3.63, 3.8) is 0 Å². The molecule has 2 N–H and O–H groups in total. The molecule has 5 heteroatoms. The molecule has 1 aliphatic heterocycles. The fourth-order valence-corrected chi connectivity index (χ4v) is 2.05. The standard InChI is InChI=1S/C11H22N2O3/c1-11(5-4-6-16-11)10(14)13(2)7-9(12)8-15-3/h9H,4-8,12H2,1-3H3. The average Bonchev–Trinajstić information content (AvgIpc) is 2.65. The highest BCUT2D eigenvalue weighted by molar-refractivity contribution is 5.84. The summed E-state index contributed by atoms with van der Waals surface area (Å²) >= 11 is 0. The van der Waals surface area contributed by atoms with Crippen LogP contribution in [-0.2, 0) is 14.3 Å². The summed E-state index contributed by atoms with van der Waals surface area (Å²) in [7, 11) is 3.36. The van der Waals surface area contributed by atoms with Crippen LogP contribution < -0.4 is 5.73 Å². The van der Waals surface area contributed by atoms with Gasteiger partial charge in [-0.15, -0.1) is 0 Å². The van der Waals surface area contributed by atoms with Crippen molar-refractivity contribution >= 4 is 5.91 Å². The SMILES string of the molecule is COCC(N)CN(C)C(=O)C1(C)CCCO1. The number of amides is 1. The highest BCUT2D eigenvalue weighted by Crippen LogP contribution is 2.26. The minimum atomic E-state index is -0.651. The molecule has 0 bridgehead atoms. The number of methoxy groups -OCH3 is 1. The number of carbonyl (C=O) groups is 1. The van der Waals surface area contributed by atoms with Crippen LogP contribution in [0.3, 0.4) is 0 Å². The van der Waals surface area contributed by atoms with E-state index < -0.39 is 5.60 Å². The summed E-state index contributed by atoms with van der Waals surface area (Å²) in [5.74, 6) is 0.0107.